The Kier molecular flexibility index (Phi) is 4.88. The molecule has 1 saturated carbocycles. The Morgan fingerprint density at radius 1 is 1.11 bits per heavy atom. The zero-order valence-corrected chi connectivity index (χ0v) is 12.7. The number of aryl methyl sites for hydroxylation is 2. The van der Waals surface area contributed by atoms with Crippen LogP contribution < -0.4 is 5.32 Å². The first-order valence-electron chi connectivity index (χ1n) is 7.27. The third kappa shape index (κ3) is 4.55. The Labute approximate surface area is 116 Å². The summed E-state index contributed by atoms with van der Waals surface area (Å²) >= 11 is 0. The SMILES string of the molecule is Cc1nc(CCN(C)C)nc(C)c1CCNC1CC1. The number of rotatable bonds is 7. The summed E-state index contributed by atoms with van der Waals surface area (Å²) in [5, 5.41) is 3.55. The van der Waals surface area contributed by atoms with Crippen molar-refractivity contribution >= 4 is 0 Å². The second-order valence-corrected chi connectivity index (χ2v) is 5.82. The first-order chi connectivity index (χ1) is 9.06. The molecule has 1 aliphatic carbocycles. The summed E-state index contributed by atoms with van der Waals surface area (Å²) < 4.78 is 0. The molecule has 0 spiro atoms. The van der Waals surface area contributed by atoms with Gasteiger partial charge in [0, 0.05) is 30.4 Å². The number of aromatic nitrogens is 2. The summed E-state index contributed by atoms with van der Waals surface area (Å²) in [5.74, 6) is 0.975. The van der Waals surface area contributed by atoms with Gasteiger partial charge in [-0.1, -0.05) is 0 Å². The van der Waals surface area contributed by atoms with Gasteiger partial charge in [0.2, 0.25) is 0 Å². The van der Waals surface area contributed by atoms with Gasteiger partial charge in [-0.15, -0.1) is 0 Å². The summed E-state index contributed by atoms with van der Waals surface area (Å²) in [4.78, 5) is 11.5. The van der Waals surface area contributed by atoms with Crippen molar-refractivity contribution < 1.29 is 0 Å². The van der Waals surface area contributed by atoms with Crippen LogP contribution in [-0.2, 0) is 12.8 Å². The van der Waals surface area contributed by atoms with Crippen LogP contribution in [0.5, 0.6) is 0 Å². The number of nitrogens with one attached hydrogen (secondary N) is 1. The molecular weight excluding hydrogens is 236 g/mol. The number of hydrogen-bond acceptors (Lipinski definition) is 4. The van der Waals surface area contributed by atoms with Gasteiger partial charge in [0.1, 0.15) is 5.82 Å². The summed E-state index contributed by atoms with van der Waals surface area (Å²) in [7, 11) is 4.16. The lowest BCUT2D eigenvalue weighted by Gasteiger charge is -2.13. The van der Waals surface area contributed by atoms with Crippen LogP contribution in [0.15, 0.2) is 0 Å². The van der Waals surface area contributed by atoms with Gasteiger partial charge < -0.3 is 10.2 Å². The topological polar surface area (TPSA) is 41.1 Å². The van der Waals surface area contributed by atoms with E-state index in [0.717, 1.165) is 49.2 Å². The predicted molar refractivity (Wildman–Crippen MR) is 78.5 cm³/mol. The molecule has 1 aromatic rings. The lowest BCUT2D eigenvalue weighted by atomic mass is 10.1. The van der Waals surface area contributed by atoms with E-state index < -0.39 is 0 Å². The third-order valence-electron chi connectivity index (χ3n) is 3.63. The molecule has 4 heteroatoms. The highest BCUT2D eigenvalue weighted by atomic mass is 15.1. The van der Waals surface area contributed by atoms with Crippen LogP contribution in [0.3, 0.4) is 0 Å². The minimum absolute atomic E-state index is 0.779. The Morgan fingerprint density at radius 3 is 2.26 bits per heavy atom. The molecule has 0 aliphatic heterocycles. The van der Waals surface area contributed by atoms with Crippen molar-refractivity contribution in [2.75, 3.05) is 27.2 Å². The second kappa shape index (κ2) is 6.44. The quantitative estimate of drug-likeness (QED) is 0.808. The van der Waals surface area contributed by atoms with Gasteiger partial charge in [0.05, 0.1) is 0 Å². The molecule has 1 heterocycles. The number of likely N-dealkylation sites (N-methyl/N-ethyl adjacent to an activating group) is 1. The van der Waals surface area contributed by atoms with Gasteiger partial charge in [-0.05, 0) is 59.3 Å². The summed E-state index contributed by atoms with van der Waals surface area (Å²) in [6.07, 6.45) is 4.66. The average Bonchev–Trinajstić information content (AvgIpc) is 3.14. The van der Waals surface area contributed by atoms with Crippen molar-refractivity contribution in [3.8, 4) is 0 Å². The van der Waals surface area contributed by atoms with Crippen molar-refractivity contribution in [2.24, 2.45) is 0 Å². The maximum atomic E-state index is 4.65. The standard InChI is InChI=1S/C15H26N4/c1-11-14(7-9-16-13-5-6-13)12(2)18-15(17-11)8-10-19(3)4/h13,16H,5-10H2,1-4H3. The van der Waals surface area contributed by atoms with Crippen LogP contribution in [0, 0.1) is 13.8 Å². The van der Waals surface area contributed by atoms with Gasteiger partial charge in [-0.2, -0.15) is 0 Å². The van der Waals surface area contributed by atoms with E-state index in [-0.39, 0.29) is 0 Å². The smallest absolute Gasteiger partial charge is 0.130 e. The lowest BCUT2D eigenvalue weighted by Crippen LogP contribution is -2.21. The monoisotopic (exact) mass is 262 g/mol. The van der Waals surface area contributed by atoms with Crippen LogP contribution in [0.4, 0.5) is 0 Å². The van der Waals surface area contributed by atoms with E-state index in [9.17, 15) is 0 Å². The molecule has 1 N–H and O–H groups in total. The van der Waals surface area contributed by atoms with E-state index >= 15 is 0 Å². The average molecular weight is 262 g/mol. The molecule has 1 fully saturated rings. The van der Waals surface area contributed by atoms with Crippen LogP contribution in [0.2, 0.25) is 0 Å². The van der Waals surface area contributed by atoms with Gasteiger partial charge in [-0.3, -0.25) is 0 Å². The lowest BCUT2D eigenvalue weighted by molar-refractivity contribution is 0.409. The van der Waals surface area contributed by atoms with Gasteiger partial charge in [0.15, 0.2) is 0 Å². The fourth-order valence-electron chi connectivity index (χ4n) is 2.29. The summed E-state index contributed by atoms with van der Waals surface area (Å²) in [6.45, 7) is 6.27. The van der Waals surface area contributed by atoms with E-state index in [1.165, 1.54) is 18.4 Å². The Morgan fingerprint density at radius 2 is 1.74 bits per heavy atom. The van der Waals surface area contributed by atoms with E-state index in [0.29, 0.717) is 0 Å². The molecule has 0 amide bonds. The third-order valence-corrected chi connectivity index (χ3v) is 3.63. The molecule has 1 aromatic heterocycles. The molecule has 0 bridgehead atoms. The zero-order valence-electron chi connectivity index (χ0n) is 12.7. The van der Waals surface area contributed by atoms with Crippen LogP contribution in [0.1, 0.15) is 35.6 Å². The maximum Gasteiger partial charge on any atom is 0.130 e. The van der Waals surface area contributed by atoms with E-state index in [1.807, 2.05) is 0 Å². The van der Waals surface area contributed by atoms with Crippen molar-refractivity contribution in [2.45, 2.75) is 45.6 Å². The zero-order chi connectivity index (χ0) is 13.8. The van der Waals surface area contributed by atoms with Gasteiger partial charge in [0.25, 0.3) is 0 Å². The number of nitrogens with zero attached hydrogens (tertiary/aromatic N) is 3. The van der Waals surface area contributed by atoms with Gasteiger partial charge >= 0.3 is 0 Å². The molecule has 4 nitrogen and oxygen atoms in total. The second-order valence-electron chi connectivity index (χ2n) is 5.82. The van der Waals surface area contributed by atoms with Crippen molar-refractivity contribution in [3.05, 3.63) is 22.8 Å². The summed E-state index contributed by atoms with van der Waals surface area (Å²) in [6, 6.07) is 0.779. The highest BCUT2D eigenvalue weighted by Crippen LogP contribution is 2.19. The molecule has 106 valence electrons. The minimum Gasteiger partial charge on any atom is -0.314 e. The minimum atomic E-state index is 0.779. The maximum absolute atomic E-state index is 4.65. The largest absolute Gasteiger partial charge is 0.314 e. The number of hydrogen-bond donors (Lipinski definition) is 1. The molecular formula is C15H26N4. The molecule has 1 aliphatic rings. The highest BCUT2D eigenvalue weighted by Gasteiger charge is 2.20. The first-order valence-corrected chi connectivity index (χ1v) is 7.27. The van der Waals surface area contributed by atoms with Gasteiger partial charge in [-0.25, -0.2) is 9.97 Å². The molecule has 0 radical (unpaired) electrons. The predicted octanol–water partition coefficient (Wildman–Crippen LogP) is 1.49. The van der Waals surface area contributed by atoms with Crippen molar-refractivity contribution in [1.82, 2.24) is 20.2 Å². The normalized spacial score (nSPS) is 15.2. The van der Waals surface area contributed by atoms with Crippen LogP contribution >= 0.6 is 0 Å². The van der Waals surface area contributed by atoms with Crippen molar-refractivity contribution in [3.63, 3.8) is 0 Å². The first kappa shape index (κ1) is 14.4. The molecule has 0 unspecified atom stereocenters. The fraction of sp³-hybridized carbons (Fsp3) is 0.733. The molecule has 0 saturated heterocycles. The highest BCUT2D eigenvalue weighted by molar-refractivity contribution is 5.24. The van der Waals surface area contributed by atoms with Crippen molar-refractivity contribution in [1.29, 1.82) is 0 Å². The van der Waals surface area contributed by atoms with E-state index in [1.54, 1.807) is 0 Å². The van der Waals surface area contributed by atoms with Crippen LogP contribution in [0.25, 0.3) is 0 Å². The molecule has 0 aromatic carbocycles. The van der Waals surface area contributed by atoms with E-state index in [2.05, 4.69) is 48.1 Å². The Bertz CT molecular complexity index is 401. The summed E-state index contributed by atoms with van der Waals surface area (Å²) in [5.41, 5.74) is 3.62. The Hall–Kier alpha value is -1.00. The Balaban J connectivity index is 1.94. The van der Waals surface area contributed by atoms with E-state index in [4.69, 9.17) is 0 Å². The molecule has 0 atom stereocenters. The van der Waals surface area contributed by atoms with Crippen LogP contribution in [-0.4, -0.2) is 48.1 Å². The fourth-order valence-corrected chi connectivity index (χ4v) is 2.29. The molecule has 2 rings (SSSR count). The molecule has 19 heavy (non-hydrogen) atoms.